The second-order valence-electron chi connectivity index (χ2n) is 4.01. The normalized spacial score (nSPS) is 12.4. The van der Waals surface area contributed by atoms with Crippen LogP contribution in [0.25, 0.3) is 0 Å². The highest BCUT2D eigenvalue weighted by Gasteiger charge is 2.06. The zero-order valence-corrected chi connectivity index (χ0v) is 10.6. The van der Waals surface area contributed by atoms with Crippen molar-refractivity contribution in [1.82, 2.24) is 20.4 Å². The summed E-state index contributed by atoms with van der Waals surface area (Å²) in [5.74, 6) is -0.0366. The Balaban J connectivity index is 2.16. The molecule has 1 aromatic heterocycles. The van der Waals surface area contributed by atoms with E-state index < -0.39 is 0 Å². The Morgan fingerprint density at radius 2 is 2.41 bits per heavy atom. The number of nitrogens with zero attached hydrogens (tertiary/aromatic N) is 2. The predicted octanol–water partition coefficient (Wildman–Crippen LogP) is -0.339. The van der Waals surface area contributed by atoms with Crippen molar-refractivity contribution in [2.24, 2.45) is 7.05 Å². The smallest absolute Gasteiger partial charge is 0.234 e. The van der Waals surface area contributed by atoms with Gasteiger partial charge in [-0.3, -0.25) is 9.48 Å². The summed E-state index contributed by atoms with van der Waals surface area (Å²) in [5, 5.41) is 10.1. The van der Waals surface area contributed by atoms with E-state index in [2.05, 4.69) is 15.7 Å². The van der Waals surface area contributed by atoms with Crippen LogP contribution in [0.1, 0.15) is 12.6 Å². The van der Waals surface area contributed by atoms with Gasteiger partial charge in [-0.15, -0.1) is 0 Å². The highest BCUT2D eigenvalue weighted by molar-refractivity contribution is 5.78. The third-order valence-electron chi connectivity index (χ3n) is 2.18. The molecule has 0 saturated heterocycles. The molecule has 6 nitrogen and oxygen atoms in total. The van der Waals surface area contributed by atoms with Crippen LogP contribution in [0.4, 0.5) is 0 Å². The third kappa shape index (κ3) is 5.46. The molecule has 1 atom stereocenters. The molecule has 0 aliphatic rings. The predicted molar refractivity (Wildman–Crippen MR) is 64.4 cm³/mol. The van der Waals surface area contributed by atoms with Crippen LogP contribution >= 0.6 is 0 Å². The molecule has 1 heterocycles. The van der Waals surface area contributed by atoms with Crippen molar-refractivity contribution in [2.45, 2.75) is 19.5 Å². The summed E-state index contributed by atoms with van der Waals surface area (Å²) < 4.78 is 6.67. The number of hydrogen-bond donors (Lipinski definition) is 2. The van der Waals surface area contributed by atoms with Gasteiger partial charge in [0.25, 0.3) is 0 Å². The Morgan fingerprint density at radius 1 is 1.65 bits per heavy atom. The molecule has 2 N–H and O–H groups in total. The zero-order chi connectivity index (χ0) is 12.7. The van der Waals surface area contributed by atoms with Gasteiger partial charge in [-0.25, -0.2) is 0 Å². The Hall–Kier alpha value is -1.40. The van der Waals surface area contributed by atoms with E-state index in [9.17, 15) is 4.79 Å². The van der Waals surface area contributed by atoms with Crippen LogP contribution in [0.5, 0.6) is 0 Å². The van der Waals surface area contributed by atoms with Crippen molar-refractivity contribution in [1.29, 1.82) is 0 Å². The number of ether oxygens (including phenoxy) is 1. The second kappa shape index (κ2) is 7.03. The highest BCUT2D eigenvalue weighted by atomic mass is 16.5. The highest BCUT2D eigenvalue weighted by Crippen LogP contribution is 1.92. The fraction of sp³-hybridized carbons (Fsp3) is 0.636. The molecule has 96 valence electrons. The van der Waals surface area contributed by atoms with E-state index in [1.807, 2.05) is 26.2 Å². The van der Waals surface area contributed by atoms with Gasteiger partial charge >= 0.3 is 0 Å². The minimum Gasteiger partial charge on any atom is -0.383 e. The summed E-state index contributed by atoms with van der Waals surface area (Å²) in [7, 11) is 3.48. The van der Waals surface area contributed by atoms with Crippen LogP contribution < -0.4 is 10.6 Å². The van der Waals surface area contributed by atoms with Crippen molar-refractivity contribution in [2.75, 3.05) is 20.3 Å². The van der Waals surface area contributed by atoms with Gasteiger partial charge in [0, 0.05) is 32.9 Å². The molecule has 0 aliphatic carbocycles. The molecule has 0 aliphatic heterocycles. The maximum Gasteiger partial charge on any atom is 0.234 e. The average molecular weight is 240 g/mol. The molecule has 0 saturated carbocycles. The Morgan fingerprint density at radius 3 is 3.00 bits per heavy atom. The quantitative estimate of drug-likeness (QED) is 0.684. The first-order valence-electron chi connectivity index (χ1n) is 5.59. The minimum atomic E-state index is -0.0366. The first-order valence-corrected chi connectivity index (χ1v) is 5.59. The van der Waals surface area contributed by atoms with Crippen molar-refractivity contribution < 1.29 is 9.53 Å². The molecule has 0 aromatic carbocycles. The molecule has 0 fully saturated rings. The topological polar surface area (TPSA) is 68.2 Å². The van der Waals surface area contributed by atoms with E-state index >= 15 is 0 Å². The lowest BCUT2D eigenvalue weighted by molar-refractivity contribution is -0.121. The van der Waals surface area contributed by atoms with Crippen molar-refractivity contribution in [3.05, 3.63) is 18.0 Å². The molecular weight excluding hydrogens is 220 g/mol. The standard InChI is InChI=1S/C11H20N4O2/c1-9(8-17-3)13-11(16)7-12-6-10-4-5-15(2)14-10/h4-5,9,12H,6-8H2,1-3H3,(H,13,16). The maximum absolute atomic E-state index is 11.5. The number of amides is 1. The Kier molecular flexibility index (Phi) is 5.65. The molecule has 0 bridgehead atoms. The van der Waals surface area contributed by atoms with Gasteiger partial charge in [-0.1, -0.05) is 0 Å². The van der Waals surface area contributed by atoms with Crippen molar-refractivity contribution in [3.63, 3.8) is 0 Å². The number of carbonyl (C=O) groups excluding carboxylic acids is 1. The molecule has 1 unspecified atom stereocenters. The van der Waals surface area contributed by atoms with Gasteiger partial charge in [0.2, 0.25) is 5.91 Å². The van der Waals surface area contributed by atoms with E-state index in [-0.39, 0.29) is 18.5 Å². The zero-order valence-electron chi connectivity index (χ0n) is 10.6. The Labute approximate surface area is 101 Å². The van der Waals surface area contributed by atoms with E-state index in [0.717, 1.165) is 5.69 Å². The van der Waals surface area contributed by atoms with Crippen LogP contribution in [0.3, 0.4) is 0 Å². The number of methoxy groups -OCH3 is 1. The lowest BCUT2D eigenvalue weighted by atomic mass is 10.3. The molecule has 1 amide bonds. The fourth-order valence-electron chi connectivity index (χ4n) is 1.48. The van der Waals surface area contributed by atoms with Crippen LogP contribution in [0, 0.1) is 0 Å². The molecule has 6 heteroatoms. The van der Waals surface area contributed by atoms with Crippen molar-refractivity contribution >= 4 is 5.91 Å². The van der Waals surface area contributed by atoms with E-state index in [1.54, 1.807) is 11.8 Å². The largest absolute Gasteiger partial charge is 0.383 e. The Bertz CT molecular complexity index is 351. The average Bonchev–Trinajstić information content (AvgIpc) is 2.64. The number of rotatable bonds is 7. The third-order valence-corrected chi connectivity index (χ3v) is 2.18. The van der Waals surface area contributed by atoms with Gasteiger partial charge in [-0.2, -0.15) is 5.10 Å². The molecular formula is C11H20N4O2. The SMILES string of the molecule is COCC(C)NC(=O)CNCc1ccn(C)n1. The van der Waals surface area contributed by atoms with Crippen LogP contribution in [-0.4, -0.2) is 42.0 Å². The number of aryl methyl sites for hydroxylation is 1. The van der Waals surface area contributed by atoms with Crippen LogP contribution in [-0.2, 0) is 23.1 Å². The number of nitrogens with one attached hydrogen (secondary N) is 2. The first kappa shape index (κ1) is 13.7. The number of aromatic nitrogens is 2. The fourth-order valence-corrected chi connectivity index (χ4v) is 1.48. The summed E-state index contributed by atoms with van der Waals surface area (Å²) >= 11 is 0. The summed E-state index contributed by atoms with van der Waals surface area (Å²) in [5.41, 5.74) is 0.922. The van der Waals surface area contributed by atoms with E-state index in [4.69, 9.17) is 4.74 Å². The minimum absolute atomic E-state index is 0.0316. The summed E-state index contributed by atoms with van der Waals surface area (Å²) in [6.07, 6.45) is 1.87. The van der Waals surface area contributed by atoms with E-state index in [0.29, 0.717) is 13.2 Å². The molecule has 1 aromatic rings. The second-order valence-corrected chi connectivity index (χ2v) is 4.01. The van der Waals surface area contributed by atoms with Gasteiger partial charge < -0.3 is 15.4 Å². The van der Waals surface area contributed by atoms with Gasteiger partial charge in [0.1, 0.15) is 0 Å². The monoisotopic (exact) mass is 240 g/mol. The molecule has 0 spiro atoms. The van der Waals surface area contributed by atoms with Crippen LogP contribution in [0.2, 0.25) is 0 Å². The molecule has 1 rings (SSSR count). The summed E-state index contributed by atoms with van der Waals surface area (Å²) in [6.45, 7) is 3.30. The van der Waals surface area contributed by atoms with Gasteiger partial charge in [-0.05, 0) is 13.0 Å². The summed E-state index contributed by atoms with van der Waals surface area (Å²) in [6, 6.07) is 1.95. The molecule has 0 radical (unpaired) electrons. The lowest BCUT2D eigenvalue weighted by Crippen LogP contribution is -2.40. The van der Waals surface area contributed by atoms with Gasteiger partial charge in [0.05, 0.1) is 18.8 Å². The molecule has 17 heavy (non-hydrogen) atoms. The van der Waals surface area contributed by atoms with E-state index in [1.165, 1.54) is 0 Å². The number of hydrogen-bond acceptors (Lipinski definition) is 4. The maximum atomic E-state index is 11.5. The lowest BCUT2D eigenvalue weighted by Gasteiger charge is -2.12. The van der Waals surface area contributed by atoms with Gasteiger partial charge in [0.15, 0.2) is 0 Å². The number of carbonyl (C=O) groups is 1. The summed E-state index contributed by atoms with van der Waals surface area (Å²) in [4.78, 5) is 11.5. The van der Waals surface area contributed by atoms with Crippen LogP contribution in [0.15, 0.2) is 12.3 Å². The first-order chi connectivity index (χ1) is 8.11. The van der Waals surface area contributed by atoms with Crippen molar-refractivity contribution in [3.8, 4) is 0 Å².